The lowest BCUT2D eigenvalue weighted by atomic mass is 10.3. The van der Waals surface area contributed by atoms with Crippen LogP contribution < -0.4 is 10.1 Å². The Labute approximate surface area is 95.6 Å². The van der Waals surface area contributed by atoms with Crippen LogP contribution in [0.2, 0.25) is 0 Å². The highest BCUT2D eigenvalue weighted by atomic mass is 16.5. The maximum absolute atomic E-state index is 11.1. The molecule has 0 unspecified atom stereocenters. The number of carbonyl (C=O) groups excluding carboxylic acids is 1. The molecule has 0 spiro atoms. The highest BCUT2D eigenvalue weighted by Gasteiger charge is 1.99. The lowest BCUT2D eigenvalue weighted by molar-refractivity contribution is -0.125. The topological polar surface area (TPSA) is 47.6 Å². The largest absolute Gasteiger partial charge is 0.492 e. The fourth-order valence-corrected chi connectivity index (χ4v) is 1.12. The number of para-hydroxylation sites is 1. The van der Waals surface area contributed by atoms with Gasteiger partial charge in [-0.15, -0.1) is 0 Å². The van der Waals surface area contributed by atoms with Crippen molar-refractivity contribution in [2.75, 3.05) is 26.4 Å². The lowest BCUT2D eigenvalue weighted by Gasteiger charge is -2.07. The standard InChI is InChI=1S/C12H17NO3/c1-2-15-10-12(14)13-8-9-16-11-6-4-3-5-7-11/h3-7H,2,8-10H2,1H3,(H,13,14). The minimum atomic E-state index is -0.112. The van der Waals surface area contributed by atoms with E-state index in [9.17, 15) is 4.79 Å². The van der Waals surface area contributed by atoms with Gasteiger partial charge in [0.2, 0.25) is 5.91 Å². The summed E-state index contributed by atoms with van der Waals surface area (Å²) < 4.78 is 10.4. The van der Waals surface area contributed by atoms with Crippen LogP contribution in [0.5, 0.6) is 5.75 Å². The van der Waals surface area contributed by atoms with Gasteiger partial charge in [0, 0.05) is 6.61 Å². The second-order valence-corrected chi connectivity index (χ2v) is 3.15. The van der Waals surface area contributed by atoms with Crippen molar-refractivity contribution in [2.45, 2.75) is 6.92 Å². The Bertz CT molecular complexity index is 300. The Kier molecular flexibility index (Phi) is 6.03. The Hall–Kier alpha value is -1.55. The van der Waals surface area contributed by atoms with Gasteiger partial charge in [0.05, 0.1) is 6.54 Å². The summed E-state index contributed by atoms with van der Waals surface area (Å²) in [5, 5.41) is 2.70. The van der Waals surface area contributed by atoms with E-state index in [0.717, 1.165) is 5.75 Å². The number of hydrogen-bond acceptors (Lipinski definition) is 3. The molecule has 0 radical (unpaired) electrons. The van der Waals surface area contributed by atoms with E-state index in [2.05, 4.69) is 5.32 Å². The van der Waals surface area contributed by atoms with Gasteiger partial charge in [0.25, 0.3) is 0 Å². The minimum absolute atomic E-state index is 0.112. The zero-order valence-electron chi connectivity index (χ0n) is 9.44. The predicted molar refractivity (Wildman–Crippen MR) is 61.4 cm³/mol. The summed E-state index contributed by atoms with van der Waals surface area (Å²) in [6.45, 7) is 3.46. The molecule has 0 saturated carbocycles. The maximum Gasteiger partial charge on any atom is 0.246 e. The molecule has 0 saturated heterocycles. The molecular weight excluding hydrogens is 206 g/mol. The van der Waals surface area contributed by atoms with Crippen LogP contribution in [0.1, 0.15) is 6.92 Å². The number of amides is 1. The van der Waals surface area contributed by atoms with Crippen molar-refractivity contribution in [3.63, 3.8) is 0 Å². The lowest BCUT2D eigenvalue weighted by Crippen LogP contribution is -2.31. The van der Waals surface area contributed by atoms with Crippen LogP contribution in [0.4, 0.5) is 0 Å². The second kappa shape index (κ2) is 7.70. The highest BCUT2D eigenvalue weighted by molar-refractivity contribution is 5.77. The summed E-state index contributed by atoms with van der Waals surface area (Å²) in [5.74, 6) is 0.695. The zero-order chi connectivity index (χ0) is 11.6. The van der Waals surface area contributed by atoms with Gasteiger partial charge in [-0.3, -0.25) is 4.79 Å². The quantitative estimate of drug-likeness (QED) is 0.707. The van der Waals surface area contributed by atoms with E-state index < -0.39 is 0 Å². The molecule has 4 heteroatoms. The number of carbonyl (C=O) groups is 1. The predicted octanol–water partition coefficient (Wildman–Crippen LogP) is 1.22. The van der Waals surface area contributed by atoms with Gasteiger partial charge in [0.1, 0.15) is 19.0 Å². The van der Waals surface area contributed by atoms with Crippen molar-refractivity contribution in [2.24, 2.45) is 0 Å². The first-order valence-electron chi connectivity index (χ1n) is 5.35. The third-order valence-corrected chi connectivity index (χ3v) is 1.87. The Balaban J connectivity index is 2.06. The van der Waals surface area contributed by atoms with Crippen LogP contribution >= 0.6 is 0 Å². The van der Waals surface area contributed by atoms with Crippen molar-refractivity contribution in [3.8, 4) is 5.75 Å². The SMILES string of the molecule is CCOCC(=O)NCCOc1ccccc1. The molecule has 0 bridgehead atoms. The molecule has 1 N–H and O–H groups in total. The number of ether oxygens (including phenoxy) is 2. The van der Waals surface area contributed by atoms with E-state index in [1.807, 2.05) is 37.3 Å². The van der Waals surface area contributed by atoms with E-state index in [4.69, 9.17) is 9.47 Å². The first kappa shape index (κ1) is 12.5. The van der Waals surface area contributed by atoms with Gasteiger partial charge < -0.3 is 14.8 Å². The fourth-order valence-electron chi connectivity index (χ4n) is 1.12. The first-order valence-corrected chi connectivity index (χ1v) is 5.35. The minimum Gasteiger partial charge on any atom is -0.492 e. The normalized spacial score (nSPS) is 9.81. The smallest absolute Gasteiger partial charge is 0.246 e. The number of benzene rings is 1. The first-order chi connectivity index (χ1) is 7.83. The molecule has 0 aliphatic rings. The van der Waals surface area contributed by atoms with Gasteiger partial charge in [-0.2, -0.15) is 0 Å². The van der Waals surface area contributed by atoms with Crippen LogP contribution in [-0.4, -0.2) is 32.3 Å². The van der Waals surface area contributed by atoms with Gasteiger partial charge in [-0.1, -0.05) is 18.2 Å². The van der Waals surface area contributed by atoms with Crippen LogP contribution in [-0.2, 0) is 9.53 Å². The van der Waals surface area contributed by atoms with Gasteiger partial charge in [-0.25, -0.2) is 0 Å². The van der Waals surface area contributed by atoms with Crippen LogP contribution in [0, 0.1) is 0 Å². The summed E-state index contributed by atoms with van der Waals surface area (Å²) in [6.07, 6.45) is 0. The van der Waals surface area contributed by atoms with E-state index in [1.165, 1.54) is 0 Å². The van der Waals surface area contributed by atoms with Crippen molar-refractivity contribution >= 4 is 5.91 Å². The molecule has 4 nitrogen and oxygen atoms in total. The summed E-state index contributed by atoms with van der Waals surface area (Å²) in [7, 11) is 0. The molecule has 0 aliphatic carbocycles. The second-order valence-electron chi connectivity index (χ2n) is 3.15. The molecule has 88 valence electrons. The molecule has 0 aliphatic heterocycles. The van der Waals surface area contributed by atoms with Crippen molar-refractivity contribution in [1.82, 2.24) is 5.32 Å². The summed E-state index contributed by atoms with van der Waals surface area (Å²) in [4.78, 5) is 11.1. The average Bonchev–Trinajstić information content (AvgIpc) is 2.33. The van der Waals surface area contributed by atoms with Crippen LogP contribution in [0.25, 0.3) is 0 Å². The number of nitrogens with one attached hydrogen (secondary N) is 1. The summed E-state index contributed by atoms with van der Waals surface area (Å²) in [5.41, 5.74) is 0. The fraction of sp³-hybridized carbons (Fsp3) is 0.417. The highest BCUT2D eigenvalue weighted by Crippen LogP contribution is 2.07. The molecule has 0 fully saturated rings. The van der Waals surface area contributed by atoms with Crippen molar-refractivity contribution in [1.29, 1.82) is 0 Å². The third kappa shape index (κ3) is 5.36. The van der Waals surface area contributed by atoms with Gasteiger partial charge in [0.15, 0.2) is 0 Å². The number of rotatable bonds is 7. The maximum atomic E-state index is 11.1. The molecule has 0 aromatic heterocycles. The van der Waals surface area contributed by atoms with Crippen molar-refractivity contribution < 1.29 is 14.3 Å². The summed E-state index contributed by atoms with van der Waals surface area (Å²) in [6, 6.07) is 9.49. The molecular formula is C12H17NO3. The Morgan fingerprint density at radius 3 is 2.75 bits per heavy atom. The summed E-state index contributed by atoms with van der Waals surface area (Å²) >= 11 is 0. The molecule has 0 heterocycles. The Morgan fingerprint density at radius 2 is 2.06 bits per heavy atom. The molecule has 1 aromatic rings. The molecule has 0 atom stereocenters. The van der Waals surface area contributed by atoms with Gasteiger partial charge >= 0.3 is 0 Å². The monoisotopic (exact) mass is 223 g/mol. The molecule has 1 amide bonds. The number of hydrogen-bond donors (Lipinski definition) is 1. The average molecular weight is 223 g/mol. The van der Waals surface area contributed by atoms with Crippen LogP contribution in [0.15, 0.2) is 30.3 Å². The third-order valence-electron chi connectivity index (χ3n) is 1.87. The molecule has 16 heavy (non-hydrogen) atoms. The van der Waals surface area contributed by atoms with Crippen molar-refractivity contribution in [3.05, 3.63) is 30.3 Å². The van der Waals surface area contributed by atoms with E-state index in [-0.39, 0.29) is 12.5 Å². The van der Waals surface area contributed by atoms with E-state index >= 15 is 0 Å². The molecule has 1 rings (SSSR count). The zero-order valence-corrected chi connectivity index (χ0v) is 9.44. The van der Waals surface area contributed by atoms with Crippen LogP contribution in [0.3, 0.4) is 0 Å². The van der Waals surface area contributed by atoms with Gasteiger partial charge in [-0.05, 0) is 19.1 Å². The van der Waals surface area contributed by atoms with E-state index in [1.54, 1.807) is 0 Å². The Morgan fingerprint density at radius 1 is 1.31 bits per heavy atom. The van der Waals surface area contributed by atoms with E-state index in [0.29, 0.717) is 19.8 Å². The molecule has 1 aromatic carbocycles.